The van der Waals surface area contributed by atoms with E-state index in [0.717, 1.165) is 0 Å². The van der Waals surface area contributed by atoms with Gasteiger partial charge in [0.1, 0.15) is 5.88 Å². The fourth-order valence-electron chi connectivity index (χ4n) is 2.31. The molecule has 0 unspecified atom stereocenters. The normalized spacial score (nSPS) is 10.7. The smallest absolute Gasteiger partial charge is 0.239 e. The molecular weight excluding hydrogens is 286 g/mol. The van der Waals surface area contributed by atoms with Crippen LogP contribution in [0.15, 0.2) is 54.9 Å². The van der Waals surface area contributed by atoms with Crippen molar-refractivity contribution in [2.24, 2.45) is 0 Å². The van der Waals surface area contributed by atoms with Crippen molar-refractivity contribution in [1.82, 2.24) is 9.78 Å². The number of halogens is 1. The molecule has 0 aliphatic carbocycles. The first-order valence-electron chi connectivity index (χ1n) is 6.61. The minimum atomic E-state index is -0.235. The zero-order valence-corrected chi connectivity index (χ0v) is 12.0. The molecule has 21 heavy (non-hydrogen) atoms. The van der Waals surface area contributed by atoms with Crippen molar-refractivity contribution in [1.29, 1.82) is 0 Å². The molecule has 0 spiro atoms. The molecule has 2 aromatic carbocycles. The molecule has 0 aliphatic heterocycles. The van der Waals surface area contributed by atoms with E-state index in [4.69, 9.17) is 11.6 Å². The Morgan fingerprint density at radius 3 is 2.86 bits per heavy atom. The van der Waals surface area contributed by atoms with E-state index in [1.54, 1.807) is 17.1 Å². The molecule has 0 saturated heterocycles. The van der Waals surface area contributed by atoms with E-state index in [1.165, 1.54) is 16.3 Å². The standard InChI is InChI=1S/C16H14ClN3O/c17-8-16(21)19-14-9-18-20(11-14)10-13-6-3-5-12-4-1-2-7-15(12)13/h1-7,9,11H,8,10H2,(H,19,21). The number of anilines is 1. The van der Waals surface area contributed by atoms with Crippen molar-refractivity contribution in [3.63, 3.8) is 0 Å². The molecule has 1 aromatic heterocycles. The second-order valence-corrected chi connectivity index (χ2v) is 5.01. The highest BCUT2D eigenvalue weighted by molar-refractivity contribution is 6.29. The fourth-order valence-corrected chi connectivity index (χ4v) is 2.38. The average molecular weight is 300 g/mol. The van der Waals surface area contributed by atoms with E-state index in [0.29, 0.717) is 12.2 Å². The van der Waals surface area contributed by atoms with Gasteiger partial charge in [-0.05, 0) is 16.3 Å². The van der Waals surface area contributed by atoms with Crippen molar-refractivity contribution in [3.8, 4) is 0 Å². The third-order valence-electron chi connectivity index (χ3n) is 3.25. The summed E-state index contributed by atoms with van der Waals surface area (Å²) in [6.07, 6.45) is 3.42. The number of benzene rings is 2. The number of nitrogens with one attached hydrogen (secondary N) is 1. The Labute approximate surface area is 127 Å². The highest BCUT2D eigenvalue weighted by Crippen LogP contribution is 2.19. The van der Waals surface area contributed by atoms with E-state index < -0.39 is 0 Å². The Morgan fingerprint density at radius 1 is 1.19 bits per heavy atom. The second-order valence-electron chi connectivity index (χ2n) is 4.75. The second kappa shape index (κ2) is 5.97. The first-order chi connectivity index (χ1) is 10.3. The molecule has 0 saturated carbocycles. The monoisotopic (exact) mass is 299 g/mol. The Morgan fingerprint density at radius 2 is 2.00 bits per heavy atom. The first-order valence-corrected chi connectivity index (χ1v) is 7.14. The van der Waals surface area contributed by atoms with Crippen LogP contribution in [0.4, 0.5) is 5.69 Å². The number of rotatable bonds is 4. The topological polar surface area (TPSA) is 46.9 Å². The van der Waals surface area contributed by atoms with E-state index >= 15 is 0 Å². The molecule has 106 valence electrons. The van der Waals surface area contributed by atoms with E-state index in [9.17, 15) is 4.79 Å². The maximum atomic E-state index is 11.2. The number of aromatic nitrogens is 2. The maximum Gasteiger partial charge on any atom is 0.239 e. The molecule has 1 N–H and O–H groups in total. The summed E-state index contributed by atoms with van der Waals surface area (Å²) < 4.78 is 1.80. The Hall–Kier alpha value is -2.33. The van der Waals surface area contributed by atoms with Crippen LogP contribution in [-0.2, 0) is 11.3 Å². The van der Waals surface area contributed by atoms with Gasteiger partial charge in [0.2, 0.25) is 5.91 Å². The lowest BCUT2D eigenvalue weighted by Gasteiger charge is -2.06. The summed E-state index contributed by atoms with van der Waals surface area (Å²) in [5, 5.41) is 9.36. The molecular formula is C16H14ClN3O. The molecule has 1 amide bonds. The SMILES string of the molecule is O=C(CCl)Nc1cnn(Cc2cccc3ccccc23)c1. The molecule has 0 atom stereocenters. The predicted molar refractivity (Wildman–Crippen MR) is 84.6 cm³/mol. The minimum absolute atomic E-state index is 0.0610. The number of amides is 1. The lowest BCUT2D eigenvalue weighted by Crippen LogP contribution is -2.11. The molecule has 3 rings (SSSR count). The molecule has 3 aromatic rings. The summed E-state index contributed by atoms with van der Waals surface area (Å²) in [4.78, 5) is 11.2. The van der Waals surface area contributed by atoms with Crippen LogP contribution < -0.4 is 5.32 Å². The number of carbonyl (C=O) groups excluding carboxylic acids is 1. The number of fused-ring (bicyclic) bond motifs is 1. The zero-order valence-electron chi connectivity index (χ0n) is 11.3. The van der Waals surface area contributed by atoms with Crippen LogP contribution in [0.2, 0.25) is 0 Å². The predicted octanol–water partition coefficient (Wildman–Crippen LogP) is 3.26. The van der Waals surface area contributed by atoms with E-state index in [2.05, 4.69) is 34.7 Å². The summed E-state index contributed by atoms with van der Waals surface area (Å²) in [7, 11) is 0. The summed E-state index contributed by atoms with van der Waals surface area (Å²) in [6, 6.07) is 14.5. The highest BCUT2D eigenvalue weighted by Gasteiger charge is 2.05. The van der Waals surface area contributed by atoms with Gasteiger partial charge in [0.15, 0.2) is 0 Å². The third-order valence-corrected chi connectivity index (χ3v) is 3.49. The van der Waals surface area contributed by atoms with Gasteiger partial charge in [0.05, 0.1) is 18.4 Å². The summed E-state index contributed by atoms with van der Waals surface area (Å²) in [5.74, 6) is -0.296. The van der Waals surface area contributed by atoms with Gasteiger partial charge in [-0.25, -0.2) is 0 Å². The maximum absolute atomic E-state index is 11.2. The quantitative estimate of drug-likeness (QED) is 0.752. The Bertz CT molecular complexity index is 777. The fraction of sp³-hybridized carbons (Fsp3) is 0.125. The summed E-state index contributed by atoms with van der Waals surface area (Å²) in [6.45, 7) is 0.651. The Balaban J connectivity index is 1.84. The van der Waals surface area contributed by atoms with Gasteiger partial charge >= 0.3 is 0 Å². The number of nitrogens with zero attached hydrogens (tertiary/aromatic N) is 2. The van der Waals surface area contributed by atoms with Gasteiger partial charge in [0, 0.05) is 6.20 Å². The molecule has 0 fully saturated rings. The van der Waals surface area contributed by atoms with Gasteiger partial charge in [-0.1, -0.05) is 42.5 Å². The van der Waals surface area contributed by atoms with Gasteiger partial charge in [-0.15, -0.1) is 11.6 Å². The van der Waals surface area contributed by atoms with Gasteiger partial charge in [-0.2, -0.15) is 5.10 Å². The molecule has 4 nitrogen and oxygen atoms in total. The van der Waals surface area contributed by atoms with Gasteiger partial charge < -0.3 is 5.32 Å². The van der Waals surface area contributed by atoms with Crippen LogP contribution in [0.25, 0.3) is 10.8 Å². The van der Waals surface area contributed by atoms with Crippen molar-refractivity contribution >= 4 is 34.0 Å². The zero-order chi connectivity index (χ0) is 14.7. The van der Waals surface area contributed by atoms with Crippen molar-refractivity contribution in [3.05, 3.63) is 60.4 Å². The lowest BCUT2D eigenvalue weighted by molar-refractivity contribution is -0.113. The largest absolute Gasteiger partial charge is 0.322 e. The number of hydrogen-bond acceptors (Lipinski definition) is 2. The number of hydrogen-bond donors (Lipinski definition) is 1. The van der Waals surface area contributed by atoms with Crippen LogP contribution in [0.1, 0.15) is 5.56 Å². The van der Waals surface area contributed by atoms with Crippen molar-refractivity contribution < 1.29 is 4.79 Å². The van der Waals surface area contributed by atoms with Crippen LogP contribution in [-0.4, -0.2) is 21.6 Å². The third kappa shape index (κ3) is 3.06. The Kier molecular flexibility index (Phi) is 3.88. The van der Waals surface area contributed by atoms with E-state index in [-0.39, 0.29) is 11.8 Å². The molecule has 5 heteroatoms. The number of carbonyl (C=O) groups is 1. The molecule has 0 bridgehead atoms. The first kappa shape index (κ1) is 13.6. The van der Waals surface area contributed by atoms with Crippen LogP contribution >= 0.6 is 11.6 Å². The van der Waals surface area contributed by atoms with E-state index in [1.807, 2.05) is 18.2 Å². The average Bonchev–Trinajstić information content (AvgIpc) is 2.94. The number of alkyl halides is 1. The lowest BCUT2D eigenvalue weighted by atomic mass is 10.0. The van der Waals surface area contributed by atoms with Crippen LogP contribution in [0.3, 0.4) is 0 Å². The van der Waals surface area contributed by atoms with Crippen molar-refractivity contribution in [2.75, 3.05) is 11.2 Å². The minimum Gasteiger partial charge on any atom is -0.322 e. The molecule has 0 radical (unpaired) electrons. The molecule has 1 heterocycles. The van der Waals surface area contributed by atoms with Gasteiger partial charge in [0.25, 0.3) is 0 Å². The van der Waals surface area contributed by atoms with Crippen LogP contribution in [0, 0.1) is 0 Å². The van der Waals surface area contributed by atoms with Crippen LogP contribution in [0.5, 0.6) is 0 Å². The van der Waals surface area contributed by atoms with Crippen molar-refractivity contribution in [2.45, 2.75) is 6.54 Å². The van der Waals surface area contributed by atoms with Gasteiger partial charge in [-0.3, -0.25) is 9.48 Å². The summed E-state index contributed by atoms with van der Waals surface area (Å²) >= 11 is 5.46. The highest BCUT2D eigenvalue weighted by atomic mass is 35.5. The summed E-state index contributed by atoms with van der Waals surface area (Å²) in [5.41, 5.74) is 1.84. The molecule has 0 aliphatic rings.